The van der Waals surface area contributed by atoms with Crippen LogP contribution in [0.3, 0.4) is 0 Å². The van der Waals surface area contributed by atoms with Crippen molar-refractivity contribution in [1.82, 2.24) is 4.57 Å². The molecule has 1 rings (SSSR count). The van der Waals surface area contributed by atoms with E-state index in [1.54, 1.807) is 0 Å². The third kappa shape index (κ3) is 2.83. The Morgan fingerprint density at radius 1 is 1.25 bits per heavy atom. The van der Waals surface area contributed by atoms with Crippen LogP contribution in [0.4, 0.5) is 0 Å². The molecule has 0 aromatic heterocycles. The van der Waals surface area contributed by atoms with Crippen LogP contribution in [0, 0.1) is 13.8 Å². The van der Waals surface area contributed by atoms with Crippen molar-refractivity contribution < 1.29 is 0 Å². The van der Waals surface area contributed by atoms with Gasteiger partial charge in [0.15, 0.2) is 9.68 Å². The Morgan fingerprint density at radius 2 is 1.88 bits per heavy atom. The topological polar surface area (TPSA) is 3.24 Å². The third-order valence-corrected chi connectivity index (χ3v) is 4.71. The van der Waals surface area contributed by atoms with Gasteiger partial charge in [-0.15, -0.1) is 0 Å². The molecule has 0 atom stereocenters. The maximum atomic E-state index is 3.90. The predicted molar refractivity (Wildman–Crippen MR) is 74.3 cm³/mol. The molecular formula is C14H21NSi. The van der Waals surface area contributed by atoms with Gasteiger partial charge in [-0.3, -0.25) is 0 Å². The number of hydrogen-bond donors (Lipinski definition) is 0. The first-order chi connectivity index (χ1) is 7.63. The van der Waals surface area contributed by atoms with Crippen LogP contribution in [0.5, 0.6) is 0 Å². The third-order valence-electron chi connectivity index (χ3n) is 2.98. The van der Waals surface area contributed by atoms with Gasteiger partial charge in [-0.25, -0.2) is 0 Å². The van der Waals surface area contributed by atoms with Crippen LogP contribution < -0.4 is 5.19 Å². The molecule has 1 aromatic carbocycles. The second-order valence-electron chi connectivity index (χ2n) is 3.96. The first kappa shape index (κ1) is 13.2. The van der Waals surface area contributed by atoms with Crippen molar-refractivity contribution >= 4 is 20.9 Å². The van der Waals surface area contributed by atoms with Crippen molar-refractivity contribution in [1.29, 1.82) is 0 Å². The van der Waals surface area contributed by atoms with E-state index in [9.17, 15) is 0 Å². The van der Waals surface area contributed by atoms with Crippen LogP contribution in [0.2, 0.25) is 0 Å². The van der Waals surface area contributed by atoms with Gasteiger partial charge in [0.05, 0.1) is 0 Å². The maximum absolute atomic E-state index is 3.90. The highest BCUT2D eigenvalue weighted by atomic mass is 28.2. The lowest BCUT2D eigenvalue weighted by Gasteiger charge is -2.19. The molecule has 0 unspecified atom stereocenters. The number of rotatable bonds is 5. The molecule has 0 saturated heterocycles. The normalized spacial score (nSPS) is 10.8. The van der Waals surface area contributed by atoms with Crippen molar-refractivity contribution in [3.05, 3.63) is 35.4 Å². The minimum Gasteiger partial charge on any atom is -0.322 e. The zero-order valence-electron chi connectivity index (χ0n) is 10.8. The van der Waals surface area contributed by atoms with Gasteiger partial charge >= 0.3 is 0 Å². The summed E-state index contributed by atoms with van der Waals surface area (Å²) in [4.78, 5) is 0. The summed E-state index contributed by atoms with van der Waals surface area (Å²) in [7, 11) is 0.776. The predicted octanol–water partition coefficient (Wildman–Crippen LogP) is 2.53. The van der Waals surface area contributed by atoms with Crippen LogP contribution in [-0.2, 0) is 0 Å². The molecule has 2 radical (unpaired) electrons. The summed E-state index contributed by atoms with van der Waals surface area (Å²) in [6.45, 7) is 14.9. The second kappa shape index (κ2) is 6.02. The molecule has 2 heteroatoms. The van der Waals surface area contributed by atoms with Crippen LogP contribution >= 0.6 is 0 Å². The molecule has 0 aliphatic rings. The molecule has 0 amide bonds. The Hall–Kier alpha value is -0.863. The number of nitrogens with zero attached hydrogens (tertiary/aromatic N) is 1. The molecule has 0 N–H and O–H groups in total. The molecule has 1 nitrogen and oxygen atoms in total. The van der Waals surface area contributed by atoms with E-state index in [4.69, 9.17) is 0 Å². The Kier molecular flexibility index (Phi) is 4.96. The number of hydrogen-bond acceptors (Lipinski definition) is 1. The average molecular weight is 231 g/mol. The van der Waals surface area contributed by atoms with E-state index >= 15 is 0 Å². The minimum absolute atomic E-state index is 0.776. The first-order valence-electron chi connectivity index (χ1n) is 5.88. The number of benzene rings is 1. The SMILES string of the molecule is C=Cc1c(C)ccc([Si]N(CC)CC)c1C. The van der Waals surface area contributed by atoms with Gasteiger partial charge in [0.1, 0.15) is 0 Å². The fourth-order valence-corrected chi connectivity index (χ4v) is 2.97. The Labute approximate surface area is 102 Å². The van der Waals surface area contributed by atoms with Gasteiger partial charge in [-0.2, -0.15) is 0 Å². The smallest absolute Gasteiger partial charge is 0.182 e. The summed E-state index contributed by atoms with van der Waals surface area (Å²) in [5, 5.41) is 1.45. The lowest BCUT2D eigenvalue weighted by atomic mass is 10.0. The highest BCUT2D eigenvalue weighted by Crippen LogP contribution is 2.12. The highest BCUT2D eigenvalue weighted by Gasteiger charge is 2.09. The Bertz CT molecular complexity index is 367. The molecule has 0 spiro atoms. The maximum Gasteiger partial charge on any atom is 0.182 e. The van der Waals surface area contributed by atoms with E-state index in [0.29, 0.717) is 0 Å². The lowest BCUT2D eigenvalue weighted by Crippen LogP contribution is -2.37. The molecule has 0 saturated carbocycles. The van der Waals surface area contributed by atoms with Crippen molar-refractivity contribution in [2.24, 2.45) is 0 Å². The van der Waals surface area contributed by atoms with E-state index in [1.165, 1.54) is 21.9 Å². The zero-order valence-corrected chi connectivity index (χ0v) is 11.8. The molecule has 1 aromatic rings. The fraction of sp³-hybridized carbons (Fsp3) is 0.429. The largest absolute Gasteiger partial charge is 0.322 e. The van der Waals surface area contributed by atoms with E-state index in [0.717, 1.165) is 22.8 Å². The van der Waals surface area contributed by atoms with Crippen molar-refractivity contribution in [3.63, 3.8) is 0 Å². The van der Waals surface area contributed by atoms with Gasteiger partial charge in [0.2, 0.25) is 0 Å². The van der Waals surface area contributed by atoms with Crippen LogP contribution in [0.1, 0.15) is 30.5 Å². The molecule has 0 aliphatic heterocycles. The molecule has 86 valence electrons. The summed E-state index contributed by atoms with van der Waals surface area (Å²) >= 11 is 0. The van der Waals surface area contributed by atoms with Crippen LogP contribution in [0.15, 0.2) is 18.7 Å². The summed E-state index contributed by atoms with van der Waals surface area (Å²) in [5.41, 5.74) is 4.01. The van der Waals surface area contributed by atoms with E-state index in [1.807, 2.05) is 6.08 Å². The summed E-state index contributed by atoms with van der Waals surface area (Å²) < 4.78 is 2.46. The van der Waals surface area contributed by atoms with Gasteiger partial charge in [-0.1, -0.05) is 38.6 Å². The molecule has 0 fully saturated rings. The van der Waals surface area contributed by atoms with Crippen molar-refractivity contribution in [3.8, 4) is 0 Å². The monoisotopic (exact) mass is 231 g/mol. The molecular weight excluding hydrogens is 210 g/mol. The molecule has 0 heterocycles. The van der Waals surface area contributed by atoms with E-state index in [-0.39, 0.29) is 0 Å². The summed E-state index contributed by atoms with van der Waals surface area (Å²) in [5.74, 6) is 0. The van der Waals surface area contributed by atoms with Crippen molar-refractivity contribution in [2.75, 3.05) is 13.1 Å². The standard InChI is InChI=1S/C14H21NSi/c1-6-13-11(4)9-10-14(12(13)5)16-15(7-2)8-3/h6,9-10H,1,7-8H2,2-5H3. The van der Waals surface area contributed by atoms with Crippen LogP contribution in [-0.4, -0.2) is 27.3 Å². The second-order valence-corrected chi connectivity index (χ2v) is 5.35. The van der Waals surface area contributed by atoms with E-state index < -0.39 is 0 Å². The van der Waals surface area contributed by atoms with Gasteiger partial charge < -0.3 is 4.57 Å². The Morgan fingerprint density at radius 3 is 2.38 bits per heavy atom. The minimum atomic E-state index is 0.776. The zero-order chi connectivity index (χ0) is 12.1. The quantitative estimate of drug-likeness (QED) is 0.704. The summed E-state index contributed by atoms with van der Waals surface area (Å²) in [6, 6.07) is 4.46. The van der Waals surface area contributed by atoms with Crippen molar-refractivity contribution in [2.45, 2.75) is 27.7 Å². The summed E-state index contributed by atoms with van der Waals surface area (Å²) in [6.07, 6.45) is 1.97. The average Bonchev–Trinajstić information content (AvgIpc) is 2.29. The van der Waals surface area contributed by atoms with Crippen LogP contribution in [0.25, 0.3) is 6.08 Å². The molecule has 0 aliphatic carbocycles. The fourth-order valence-electron chi connectivity index (χ4n) is 1.85. The first-order valence-corrected chi connectivity index (χ1v) is 6.83. The lowest BCUT2D eigenvalue weighted by molar-refractivity contribution is 0.498. The molecule has 0 bridgehead atoms. The van der Waals surface area contributed by atoms with Gasteiger partial charge in [0.25, 0.3) is 0 Å². The van der Waals surface area contributed by atoms with Gasteiger partial charge in [-0.05, 0) is 48.8 Å². The Balaban J connectivity index is 3.01. The van der Waals surface area contributed by atoms with E-state index in [2.05, 4.69) is 51.0 Å². The molecule has 16 heavy (non-hydrogen) atoms. The number of aryl methyl sites for hydroxylation is 1. The van der Waals surface area contributed by atoms with Gasteiger partial charge in [0, 0.05) is 0 Å². The highest BCUT2D eigenvalue weighted by molar-refractivity contribution is 6.51.